The van der Waals surface area contributed by atoms with E-state index < -0.39 is 30.4 Å². The van der Waals surface area contributed by atoms with Crippen LogP contribution in [-0.2, 0) is 22.1 Å². The Bertz CT molecular complexity index is 928. The summed E-state index contributed by atoms with van der Waals surface area (Å²) in [4.78, 5) is 12.5. The molecule has 1 atom stereocenters. The number of ether oxygens (including phenoxy) is 3. The minimum absolute atomic E-state index is 0.0507. The van der Waals surface area contributed by atoms with E-state index in [-0.39, 0.29) is 23.5 Å². The van der Waals surface area contributed by atoms with Crippen LogP contribution in [0, 0.1) is 0 Å². The van der Waals surface area contributed by atoms with E-state index in [2.05, 4.69) is 5.32 Å². The Morgan fingerprint density at radius 1 is 1.06 bits per heavy atom. The number of anilines is 1. The van der Waals surface area contributed by atoms with Gasteiger partial charge in [0, 0.05) is 17.3 Å². The fourth-order valence-electron chi connectivity index (χ4n) is 2.98. The van der Waals surface area contributed by atoms with E-state index in [0.717, 1.165) is 6.07 Å². The van der Waals surface area contributed by atoms with Crippen molar-refractivity contribution in [1.29, 1.82) is 0 Å². The van der Waals surface area contributed by atoms with E-state index in [1.165, 1.54) is 37.4 Å². The fraction of sp³-hybridized carbons (Fsp3) is 0.435. The van der Waals surface area contributed by atoms with Gasteiger partial charge in [-0.3, -0.25) is 4.79 Å². The number of hydrogen-bond donors (Lipinski definition) is 2. The van der Waals surface area contributed by atoms with Crippen LogP contribution in [0.15, 0.2) is 36.4 Å². The lowest BCUT2D eigenvalue weighted by Gasteiger charge is -2.21. The van der Waals surface area contributed by atoms with Gasteiger partial charge in [0.25, 0.3) is 0 Å². The second kappa shape index (κ2) is 10.7. The molecule has 2 N–H and O–H groups in total. The van der Waals surface area contributed by atoms with Crippen molar-refractivity contribution >= 4 is 11.6 Å². The molecule has 32 heavy (non-hydrogen) atoms. The van der Waals surface area contributed by atoms with Crippen LogP contribution in [0.2, 0.25) is 0 Å². The van der Waals surface area contributed by atoms with Gasteiger partial charge >= 0.3 is 6.18 Å². The predicted octanol–water partition coefficient (Wildman–Crippen LogP) is 5.10. The number of aliphatic hydroxyl groups is 1. The maximum Gasteiger partial charge on any atom is 0.416 e. The van der Waals surface area contributed by atoms with Gasteiger partial charge in [-0.15, -0.1) is 0 Å². The molecule has 0 heterocycles. The van der Waals surface area contributed by atoms with Crippen LogP contribution in [0.4, 0.5) is 18.9 Å². The first-order chi connectivity index (χ1) is 14.9. The highest BCUT2D eigenvalue weighted by molar-refractivity contribution is 5.92. The fourth-order valence-corrected chi connectivity index (χ4v) is 2.98. The Kier molecular flexibility index (Phi) is 8.51. The minimum Gasteiger partial charge on any atom is -0.497 e. The van der Waals surface area contributed by atoms with Gasteiger partial charge in [-0.05, 0) is 57.5 Å². The molecule has 2 aromatic carbocycles. The van der Waals surface area contributed by atoms with E-state index in [4.69, 9.17) is 14.2 Å². The van der Waals surface area contributed by atoms with E-state index in [1.807, 2.05) is 0 Å². The molecule has 176 valence electrons. The summed E-state index contributed by atoms with van der Waals surface area (Å²) in [6, 6.07) is 8.01. The van der Waals surface area contributed by atoms with Gasteiger partial charge in [0.15, 0.2) is 6.29 Å². The molecule has 2 rings (SSSR count). The summed E-state index contributed by atoms with van der Waals surface area (Å²) in [5.74, 6) is -0.288. The third kappa shape index (κ3) is 7.13. The Hall–Kier alpha value is -2.78. The predicted molar refractivity (Wildman–Crippen MR) is 114 cm³/mol. The van der Waals surface area contributed by atoms with Gasteiger partial charge < -0.3 is 24.6 Å². The lowest BCUT2D eigenvalue weighted by Crippen LogP contribution is -2.19. The summed E-state index contributed by atoms with van der Waals surface area (Å²) < 4.78 is 56.1. The van der Waals surface area contributed by atoms with Crippen molar-refractivity contribution in [2.24, 2.45) is 0 Å². The number of halogens is 3. The molecule has 1 unspecified atom stereocenters. The molecule has 2 aromatic rings. The Morgan fingerprint density at radius 3 is 2.31 bits per heavy atom. The number of nitrogens with one attached hydrogen (secondary N) is 1. The highest BCUT2D eigenvalue weighted by Crippen LogP contribution is 2.35. The molecule has 1 amide bonds. The molecular formula is C23H28F3NO5. The second-order valence-corrected chi connectivity index (χ2v) is 7.70. The monoisotopic (exact) mass is 455 g/mol. The van der Waals surface area contributed by atoms with Crippen molar-refractivity contribution < 1.29 is 37.3 Å². The van der Waals surface area contributed by atoms with Crippen molar-refractivity contribution in [2.75, 3.05) is 12.4 Å². The highest BCUT2D eigenvalue weighted by atomic mass is 19.4. The highest BCUT2D eigenvalue weighted by Gasteiger charge is 2.34. The van der Waals surface area contributed by atoms with Crippen molar-refractivity contribution in [2.45, 2.75) is 58.8 Å². The molecule has 0 aliphatic rings. The second-order valence-electron chi connectivity index (χ2n) is 7.70. The summed E-state index contributed by atoms with van der Waals surface area (Å²) >= 11 is 0. The number of benzene rings is 2. The van der Waals surface area contributed by atoms with Crippen LogP contribution in [0.5, 0.6) is 11.5 Å². The molecule has 0 saturated heterocycles. The molecule has 6 nitrogen and oxygen atoms in total. The van der Waals surface area contributed by atoms with Crippen LogP contribution in [0.25, 0.3) is 0 Å². The van der Waals surface area contributed by atoms with Gasteiger partial charge in [0.05, 0.1) is 31.3 Å². The standard InChI is InChI=1S/C23H28F3NO5/c1-13(2)31-20-11-16(7-9-18(20)22(29)32-14(3)4)27-21(28)10-15-6-8-17(30-5)12-19(15)23(24,25)26/h6-9,11-14,22,29H,10H2,1-5H3,(H,27,28). The van der Waals surface area contributed by atoms with E-state index >= 15 is 0 Å². The maximum atomic E-state index is 13.4. The molecule has 0 saturated carbocycles. The summed E-state index contributed by atoms with van der Waals surface area (Å²) in [6.07, 6.45) is -6.80. The molecule has 0 fully saturated rings. The van der Waals surface area contributed by atoms with E-state index in [1.54, 1.807) is 27.7 Å². The number of hydrogen-bond acceptors (Lipinski definition) is 5. The lowest BCUT2D eigenvalue weighted by molar-refractivity contribution is -0.138. The third-order valence-corrected chi connectivity index (χ3v) is 4.30. The molecule has 0 radical (unpaired) electrons. The smallest absolute Gasteiger partial charge is 0.416 e. The number of rotatable bonds is 9. The van der Waals surface area contributed by atoms with Crippen molar-refractivity contribution in [3.05, 3.63) is 53.1 Å². The summed E-state index contributed by atoms with van der Waals surface area (Å²) in [7, 11) is 1.27. The van der Waals surface area contributed by atoms with E-state index in [9.17, 15) is 23.1 Å². The number of carbonyl (C=O) groups excluding carboxylic acids is 1. The largest absolute Gasteiger partial charge is 0.497 e. The zero-order valence-corrected chi connectivity index (χ0v) is 18.6. The first kappa shape index (κ1) is 25.5. The zero-order chi connectivity index (χ0) is 24.1. The average molecular weight is 455 g/mol. The molecule has 0 spiro atoms. The molecule has 9 heteroatoms. The number of methoxy groups -OCH3 is 1. The van der Waals surface area contributed by atoms with Gasteiger partial charge in [-0.25, -0.2) is 0 Å². The van der Waals surface area contributed by atoms with Crippen LogP contribution < -0.4 is 14.8 Å². The molecule has 0 aliphatic carbocycles. The van der Waals surface area contributed by atoms with Crippen LogP contribution in [0.1, 0.15) is 50.7 Å². The van der Waals surface area contributed by atoms with Crippen molar-refractivity contribution in [3.8, 4) is 11.5 Å². The van der Waals surface area contributed by atoms with Crippen LogP contribution in [-0.4, -0.2) is 30.3 Å². The number of amides is 1. The third-order valence-electron chi connectivity index (χ3n) is 4.30. The molecular weight excluding hydrogens is 427 g/mol. The number of aliphatic hydroxyl groups excluding tert-OH is 1. The van der Waals surface area contributed by atoms with Gasteiger partial charge in [-0.2, -0.15) is 13.2 Å². The molecule has 0 bridgehead atoms. The Morgan fingerprint density at radius 2 is 1.75 bits per heavy atom. The zero-order valence-electron chi connectivity index (χ0n) is 18.6. The summed E-state index contributed by atoms with van der Waals surface area (Å²) in [5.41, 5.74) is -0.417. The lowest BCUT2D eigenvalue weighted by atomic mass is 10.0. The van der Waals surface area contributed by atoms with Crippen LogP contribution >= 0.6 is 0 Å². The number of carbonyl (C=O) groups is 1. The molecule has 0 aliphatic heterocycles. The topological polar surface area (TPSA) is 77.0 Å². The Labute approximate surface area is 185 Å². The van der Waals surface area contributed by atoms with Gasteiger partial charge in [-0.1, -0.05) is 6.07 Å². The van der Waals surface area contributed by atoms with E-state index in [0.29, 0.717) is 17.0 Å². The quantitative estimate of drug-likeness (QED) is 0.515. The van der Waals surface area contributed by atoms with Crippen molar-refractivity contribution in [3.63, 3.8) is 0 Å². The Balaban J connectivity index is 2.25. The summed E-state index contributed by atoms with van der Waals surface area (Å²) in [6.45, 7) is 7.14. The van der Waals surface area contributed by atoms with Crippen LogP contribution in [0.3, 0.4) is 0 Å². The van der Waals surface area contributed by atoms with Gasteiger partial charge in [0.2, 0.25) is 5.91 Å². The van der Waals surface area contributed by atoms with Gasteiger partial charge in [0.1, 0.15) is 11.5 Å². The summed E-state index contributed by atoms with van der Waals surface area (Å²) in [5, 5.41) is 12.9. The first-order valence-electron chi connectivity index (χ1n) is 10.1. The normalized spacial score (nSPS) is 12.7. The minimum atomic E-state index is -4.63. The molecule has 0 aromatic heterocycles. The SMILES string of the molecule is COc1ccc(CC(=O)Nc2ccc(C(O)OC(C)C)c(OC(C)C)c2)c(C(F)(F)F)c1. The average Bonchev–Trinajstić information content (AvgIpc) is 2.66. The maximum absolute atomic E-state index is 13.4. The van der Waals surface area contributed by atoms with Crippen molar-refractivity contribution in [1.82, 2.24) is 0 Å². The first-order valence-corrected chi connectivity index (χ1v) is 10.1. The number of alkyl halides is 3.